The van der Waals surface area contributed by atoms with Crippen LogP contribution in [0.5, 0.6) is 5.75 Å². The monoisotopic (exact) mass is 147 g/mol. The average Bonchev–Trinajstić information content (AvgIpc) is 1.90. The van der Waals surface area contributed by atoms with E-state index in [1.165, 1.54) is 0 Å². The summed E-state index contributed by atoms with van der Waals surface area (Å²) in [5, 5.41) is 0. The van der Waals surface area contributed by atoms with Gasteiger partial charge in [-0.2, -0.15) is 0 Å². The van der Waals surface area contributed by atoms with Crippen LogP contribution >= 0.6 is 0 Å². The number of benzene rings is 1. The SMILES string of the molecule is [CH2]Oc1ccccc1.[KH]. The van der Waals surface area contributed by atoms with Crippen molar-refractivity contribution in [1.82, 2.24) is 0 Å². The second-order valence-corrected chi connectivity index (χ2v) is 1.46. The first-order valence-electron chi connectivity index (χ1n) is 2.40. The predicted molar refractivity (Wildman–Crippen MR) is 39.6 cm³/mol. The molecule has 1 radical (unpaired) electrons. The van der Waals surface area contributed by atoms with Gasteiger partial charge in [-0.3, -0.25) is 0 Å². The first kappa shape index (κ1) is 9.66. The number of hydrogen-bond acceptors (Lipinski definition) is 1. The predicted octanol–water partition coefficient (Wildman–Crippen LogP) is 1.21. The van der Waals surface area contributed by atoms with E-state index in [1.54, 1.807) is 0 Å². The zero-order valence-electron chi connectivity index (χ0n) is 4.50. The maximum absolute atomic E-state index is 4.66. The van der Waals surface area contributed by atoms with Crippen molar-refractivity contribution < 1.29 is 4.74 Å². The fraction of sp³-hybridized carbons (Fsp3) is 0. The van der Waals surface area contributed by atoms with Crippen LogP contribution in [-0.2, 0) is 0 Å². The summed E-state index contributed by atoms with van der Waals surface area (Å²) < 4.78 is 4.66. The molecular weight excluding hydrogens is 139 g/mol. The van der Waals surface area contributed by atoms with E-state index in [2.05, 4.69) is 11.8 Å². The van der Waals surface area contributed by atoms with E-state index in [0.717, 1.165) is 5.75 Å². The molecule has 0 amide bonds. The molecular formula is C7H8KO. The second kappa shape index (κ2) is 5.44. The number of para-hydroxylation sites is 1. The van der Waals surface area contributed by atoms with Crippen molar-refractivity contribution in [3.05, 3.63) is 37.4 Å². The molecule has 43 valence electrons. The normalized spacial score (nSPS) is 7.67. The van der Waals surface area contributed by atoms with Crippen LogP contribution in [0.25, 0.3) is 0 Å². The Morgan fingerprint density at radius 1 is 1.11 bits per heavy atom. The summed E-state index contributed by atoms with van der Waals surface area (Å²) in [6, 6.07) is 9.45. The number of ether oxygens (including phenoxy) is 1. The van der Waals surface area contributed by atoms with E-state index >= 15 is 0 Å². The molecule has 1 aromatic carbocycles. The van der Waals surface area contributed by atoms with Gasteiger partial charge in [-0.15, -0.1) is 0 Å². The van der Waals surface area contributed by atoms with Crippen LogP contribution in [-0.4, -0.2) is 51.4 Å². The van der Waals surface area contributed by atoms with Gasteiger partial charge in [-0.1, -0.05) is 18.2 Å². The van der Waals surface area contributed by atoms with Crippen LogP contribution in [0, 0.1) is 7.11 Å². The molecule has 1 aromatic rings. The molecule has 0 saturated carbocycles. The third kappa shape index (κ3) is 3.38. The Balaban J connectivity index is 0.000000640. The van der Waals surface area contributed by atoms with Gasteiger partial charge in [0.2, 0.25) is 0 Å². The van der Waals surface area contributed by atoms with Gasteiger partial charge in [0.1, 0.15) is 12.9 Å². The Bertz CT molecular complexity index is 150. The quantitative estimate of drug-likeness (QED) is 0.542. The van der Waals surface area contributed by atoms with Crippen LogP contribution < -0.4 is 4.74 Å². The summed E-state index contributed by atoms with van der Waals surface area (Å²) in [6.45, 7) is 0. The van der Waals surface area contributed by atoms with Gasteiger partial charge in [-0.05, 0) is 12.1 Å². The van der Waals surface area contributed by atoms with E-state index in [9.17, 15) is 0 Å². The summed E-state index contributed by atoms with van der Waals surface area (Å²) in [4.78, 5) is 0. The molecule has 0 aliphatic heterocycles. The summed E-state index contributed by atoms with van der Waals surface area (Å²) in [6.07, 6.45) is 0. The van der Waals surface area contributed by atoms with Gasteiger partial charge in [0.15, 0.2) is 0 Å². The molecule has 0 N–H and O–H groups in total. The molecule has 2 heteroatoms. The number of rotatable bonds is 1. The fourth-order valence-electron chi connectivity index (χ4n) is 0.517. The van der Waals surface area contributed by atoms with Crippen molar-refractivity contribution in [3.63, 3.8) is 0 Å². The van der Waals surface area contributed by atoms with E-state index in [0.29, 0.717) is 0 Å². The van der Waals surface area contributed by atoms with Crippen LogP contribution in [0.4, 0.5) is 0 Å². The Morgan fingerprint density at radius 2 is 1.67 bits per heavy atom. The van der Waals surface area contributed by atoms with Crippen molar-refractivity contribution in [2.45, 2.75) is 0 Å². The van der Waals surface area contributed by atoms with Crippen molar-refractivity contribution >= 4 is 51.4 Å². The van der Waals surface area contributed by atoms with Gasteiger partial charge >= 0.3 is 51.4 Å². The van der Waals surface area contributed by atoms with Crippen LogP contribution in [0.2, 0.25) is 0 Å². The molecule has 0 saturated heterocycles. The zero-order valence-corrected chi connectivity index (χ0v) is 4.50. The van der Waals surface area contributed by atoms with Crippen molar-refractivity contribution in [2.75, 3.05) is 0 Å². The summed E-state index contributed by atoms with van der Waals surface area (Å²) in [5.74, 6) is 0.799. The van der Waals surface area contributed by atoms with E-state index in [4.69, 9.17) is 0 Å². The molecule has 0 bridgehead atoms. The Labute approximate surface area is 97.8 Å². The van der Waals surface area contributed by atoms with E-state index in [-0.39, 0.29) is 51.4 Å². The molecule has 1 rings (SSSR count). The molecule has 0 aliphatic carbocycles. The van der Waals surface area contributed by atoms with E-state index in [1.807, 2.05) is 30.3 Å². The third-order valence-electron chi connectivity index (χ3n) is 0.910. The first-order valence-corrected chi connectivity index (χ1v) is 2.40. The van der Waals surface area contributed by atoms with Gasteiger partial charge in [0.05, 0.1) is 0 Å². The molecule has 0 atom stereocenters. The van der Waals surface area contributed by atoms with Crippen molar-refractivity contribution in [3.8, 4) is 5.75 Å². The maximum atomic E-state index is 4.66. The topological polar surface area (TPSA) is 9.23 Å². The second-order valence-electron chi connectivity index (χ2n) is 1.46. The summed E-state index contributed by atoms with van der Waals surface area (Å²) >= 11 is 0. The summed E-state index contributed by atoms with van der Waals surface area (Å²) in [7, 11) is 3.26. The Morgan fingerprint density at radius 3 is 2.00 bits per heavy atom. The minimum absolute atomic E-state index is 0. The van der Waals surface area contributed by atoms with Gasteiger partial charge in [-0.25, -0.2) is 0 Å². The van der Waals surface area contributed by atoms with Crippen molar-refractivity contribution in [2.24, 2.45) is 0 Å². The zero-order chi connectivity index (χ0) is 5.82. The van der Waals surface area contributed by atoms with Crippen LogP contribution in [0.15, 0.2) is 30.3 Å². The number of hydrogen-bond donors (Lipinski definition) is 0. The van der Waals surface area contributed by atoms with Gasteiger partial charge < -0.3 is 4.74 Å². The molecule has 0 spiro atoms. The summed E-state index contributed by atoms with van der Waals surface area (Å²) in [5.41, 5.74) is 0. The molecule has 0 aliphatic rings. The van der Waals surface area contributed by atoms with Gasteiger partial charge in [0, 0.05) is 0 Å². The molecule has 0 unspecified atom stereocenters. The fourth-order valence-corrected chi connectivity index (χ4v) is 0.517. The molecule has 1 nitrogen and oxygen atoms in total. The van der Waals surface area contributed by atoms with Crippen molar-refractivity contribution in [1.29, 1.82) is 0 Å². The molecule has 0 aromatic heterocycles. The van der Waals surface area contributed by atoms with Gasteiger partial charge in [0.25, 0.3) is 0 Å². The standard InChI is InChI=1S/C7H7O.K.H/c1-8-7-5-3-2-4-6-7;;/h2-6H,1H2;;. The Kier molecular flexibility index (Phi) is 5.84. The Hall–Kier alpha value is 0.656. The van der Waals surface area contributed by atoms with Crippen LogP contribution in [0.1, 0.15) is 0 Å². The molecule has 9 heavy (non-hydrogen) atoms. The minimum atomic E-state index is 0. The average molecular weight is 147 g/mol. The molecule has 0 fully saturated rings. The third-order valence-corrected chi connectivity index (χ3v) is 0.910. The van der Waals surface area contributed by atoms with E-state index < -0.39 is 0 Å². The van der Waals surface area contributed by atoms with Crippen LogP contribution in [0.3, 0.4) is 0 Å². The molecule has 0 heterocycles. The first-order chi connectivity index (χ1) is 3.93.